The predicted octanol–water partition coefficient (Wildman–Crippen LogP) is 2.21. The number of alkyl halides is 3. The van der Waals surface area contributed by atoms with Gasteiger partial charge in [0, 0.05) is 19.0 Å². The van der Waals surface area contributed by atoms with Crippen molar-refractivity contribution in [3.05, 3.63) is 63.3 Å². The normalized spacial score (nSPS) is 14.3. The van der Waals surface area contributed by atoms with Gasteiger partial charge in [-0.3, -0.25) is 14.2 Å². The second-order valence-electron chi connectivity index (χ2n) is 5.95. The van der Waals surface area contributed by atoms with Crippen molar-refractivity contribution in [2.75, 3.05) is 6.54 Å². The molecule has 8 heteroatoms. The van der Waals surface area contributed by atoms with E-state index in [0.29, 0.717) is 24.2 Å². The van der Waals surface area contributed by atoms with E-state index in [1.807, 2.05) is 0 Å². The van der Waals surface area contributed by atoms with Crippen molar-refractivity contribution in [2.24, 2.45) is 0 Å². The van der Waals surface area contributed by atoms with E-state index in [1.165, 1.54) is 36.0 Å². The second-order valence-corrected chi connectivity index (χ2v) is 5.95. The van der Waals surface area contributed by atoms with E-state index >= 15 is 0 Å². The van der Waals surface area contributed by atoms with Crippen LogP contribution in [-0.2, 0) is 30.5 Å². The highest BCUT2D eigenvalue weighted by atomic mass is 19.4. The Bertz CT molecular complexity index is 874. The van der Waals surface area contributed by atoms with Crippen molar-refractivity contribution in [3.63, 3.8) is 0 Å². The number of hydrogen-bond acceptors (Lipinski definition) is 3. The molecule has 1 amide bonds. The van der Waals surface area contributed by atoms with Gasteiger partial charge in [0.2, 0.25) is 5.91 Å². The van der Waals surface area contributed by atoms with Gasteiger partial charge in [-0.05, 0) is 18.1 Å². The van der Waals surface area contributed by atoms with Crippen molar-refractivity contribution in [1.29, 1.82) is 0 Å². The molecule has 5 nitrogen and oxygen atoms in total. The van der Waals surface area contributed by atoms with Crippen molar-refractivity contribution >= 4 is 5.91 Å². The fourth-order valence-corrected chi connectivity index (χ4v) is 2.96. The Hall–Kier alpha value is -2.64. The lowest BCUT2D eigenvalue weighted by atomic mass is 10.1. The standard InChI is InChI=1S/C17H16F3N3O2/c1-11(24)22-7-6-13-15(9-22)21-10-23(16(13)25)8-12-4-2-3-5-14(12)17(18,19)20/h2-5,10H,6-9H2,1H3. The molecule has 0 radical (unpaired) electrons. The molecule has 0 aliphatic carbocycles. The van der Waals surface area contributed by atoms with E-state index in [2.05, 4.69) is 4.98 Å². The van der Waals surface area contributed by atoms with Gasteiger partial charge in [-0.2, -0.15) is 13.2 Å². The summed E-state index contributed by atoms with van der Waals surface area (Å²) >= 11 is 0. The molecule has 2 aromatic rings. The Balaban J connectivity index is 1.94. The number of fused-ring (bicyclic) bond motifs is 1. The van der Waals surface area contributed by atoms with Crippen molar-refractivity contribution in [2.45, 2.75) is 32.6 Å². The van der Waals surface area contributed by atoms with Crippen molar-refractivity contribution in [1.82, 2.24) is 14.5 Å². The first-order valence-corrected chi connectivity index (χ1v) is 7.75. The SMILES string of the molecule is CC(=O)N1CCc2c(ncn(Cc3ccccc3C(F)(F)F)c2=O)C1. The lowest BCUT2D eigenvalue weighted by Gasteiger charge is -2.27. The van der Waals surface area contributed by atoms with Gasteiger partial charge in [-0.25, -0.2) is 4.98 Å². The van der Waals surface area contributed by atoms with E-state index in [0.717, 1.165) is 6.07 Å². The molecule has 0 fully saturated rings. The van der Waals surface area contributed by atoms with Crippen LogP contribution in [0.1, 0.15) is 29.3 Å². The summed E-state index contributed by atoms with van der Waals surface area (Å²) in [5, 5.41) is 0. The first-order valence-electron chi connectivity index (χ1n) is 7.75. The molecule has 0 atom stereocenters. The molecule has 0 spiro atoms. The van der Waals surface area contributed by atoms with Gasteiger partial charge >= 0.3 is 6.18 Å². The van der Waals surface area contributed by atoms with Gasteiger partial charge in [-0.15, -0.1) is 0 Å². The van der Waals surface area contributed by atoms with Gasteiger partial charge in [0.15, 0.2) is 0 Å². The Morgan fingerprint density at radius 1 is 1.28 bits per heavy atom. The number of halogens is 3. The average molecular weight is 351 g/mol. The van der Waals surface area contributed by atoms with Crippen LogP contribution in [-0.4, -0.2) is 26.9 Å². The number of benzene rings is 1. The zero-order valence-electron chi connectivity index (χ0n) is 13.5. The zero-order valence-corrected chi connectivity index (χ0v) is 13.5. The van der Waals surface area contributed by atoms with E-state index in [-0.39, 0.29) is 30.1 Å². The molecule has 0 bridgehead atoms. The lowest BCUT2D eigenvalue weighted by Crippen LogP contribution is -2.39. The molecule has 0 N–H and O–H groups in total. The maximum Gasteiger partial charge on any atom is 0.416 e. The molecule has 132 valence electrons. The van der Waals surface area contributed by atoms with Crippen LogP contribution in [0.5, 0.6) is 0 Å². The number of amides is 1. The summed E-state index contributed by atoms with van der Waals surface area (Å²) in [4.78, 5) is 29.8. The Kier molecular flexibility index (Phi) is 4.36. The van der Waals surface area contributed by atoms with Crippen LogP contribution in [0.4, 0.5) is 13.2 Å². The summed E-state index contributed by atoms with van der Waals surface area (Å²) in [6.45, 7) is 1.90. The van der Waals surface area contributed by atoms with Crippen molar-refractivity contribution in [3.8, 4) is 0 Å². The molecule has 0 saturated heterocycles. The molecule has 3 rings (SSSR count). The molecule has 1 aromatic carbocycles. The average Bonchev–Trinajstić information content (AvgIpc) is 2.56. The third kappa shape index (κ3) is 3.42. The number of carbonyl (C=O) groups excluding carboxylic acids is 1. The number of hydrogen-bond donors (Lipinski definition) is 0. The van der Waals surface area contributed by atoms with E-state index in [9.17, 15) is 22.8 Å². The van der Waals surface area contributed by atoms with E-state index < -0.39 is 11.7 Å². The maximum atomic E-state index is 13.1. The molecular formula is C17H16F3N3O2. The highest BCUT2D eigenvalue weighted by molar-refractivity contribution is 5.73. The van der Waals surface area contributed by atoms with Gasteiger partial charge in [0.1, 0.15) is 0 Å². The number of aromatic nitrogens is 2. The predicted molar refractivity (Wildman–Crippen MR) is 83.8 cm³/mol. The van der Waals surface area contributed by atoms with Crippen LogP contribution in [0.2, 0.25) is 0 Å². The van der Waals surface area contributed by atoms with Gasteiger partial charge in [-0.1, -0.05) is 18.2 Å². The first-order chi connectivity index (χ1) is 11.8. The monoisotopic (exact) mass is 351 g/mol. The smallest absolute Gasteiger partial charge is 0.337 e. The van der Waals surface area contributed by atoms with Gasteiger partial charge < -0.3 is 4.90 Å². The molecular weight excluding hydrogens is 335 g/mol. The van der Waals surface area contributed by atoms with E-state index in [4.69, 9.17) is 0 Å². The van der Waals surface area contributed by atoms with Gasteiger partial charge in [0.25, 0.3) is 5.56 Å². The zero-order chi connectivity index (χ0) is 18.2. The fourth-order valence-electron chi connectivity index (χ4n) is 2.96. The minimum Gasteiger partial charge on any atom is -0.337 e. The van der Waals surface area contributed by atoms with Crippen LogP contribution in [0.3, 0.4) is 0 Å². The van der Waals surface area contributed by atoms with Crippen LogP contribution in [0, 0.1) is 0 Å². The van der Waals surface area contributed by atoms with Crippen LogP contribution in [0.15, 0.2) is 35.4 Å². The quantitative estimate of drug-likeness (QED) is 0.834. The largest absolute Gasteiger partial charge is 0.416 e. The summed E-state index contributed by atoms with van der Waals surface area (Å²) in [6, 6.07) is 5.17. The highest BCUT2D eigenvalue weighted by Crippen LogP contribution is 2.32. The van der Waals surface area contributed by atoms with Crippen molar-refractivity contribution < 1.29 is 18.0 Å². The molecule has 25 heavy (non-hydrogen) atoms. The maximum absolute atomic E-state index is 13.1. The first kappa shape index (κ1) is 17.2. The Morgan fingerprint density at radius 3 is 2.68 bits per heavy atom. The number of nitrogens with zero attached hydrogens (tertiary/aromatic N) is 3. The Morgan fingerprint density at radius 2 is 2.00 bits per heavy atom. The third-order valence-corrected chi connectivity index (χ3v) is 4.30. The fraction of sp³-hybridized carbons (Fsp3) is 0.353. The van der Waals surface area contributed by atoms with Crippen LogP contribution >= 0.6 is 0 Å². The van der Waals surface area contributed by atoms with Crippen LogP contribution < -0.4 is 5.56 Å². The molecule has 1 aromatic heterocycles. The molecule has 1 aliphatic heterocycles. The minimum absolute atomic E-state index is 0.0139. The lowest BCUT2D eigenvalue weighted by molar-refractivity contribution is -0.138. The number of carbonyl (C=O) groups is 1. The van der Waals surface area contributed by atoms with E-state index in [1.54, 1.807) is 4.90 Å². The summed E-state index contributed by atoms with van der Waals surface area (Å²) in [7, 11) is 0. The highest BCUT2D eigenvalue weighted by Gasteiger charge is 2.33. The molecule has 0 saturated carbocycles. The van der Waals surface area contributed by atoms with Gasteiger partial charge in [0.05, 0.1) is 30.7 Å². The summed E-state index contributed by atoms with van der Waals surface area (Å²) in [5.41, 5.74) is -0.135. The molecule has 1 aliphatic rings. The summed E-state index contributed by atoms with van der Waals surface area (Å²) < 4.78 is 40.5. The summed E-state index contributed by atoms with van der Waals surface area (Å²) in [5.74, 6) is -0.101. The summed E-state index contributed by atoms with van der Waals surface area (Å²) in [6.07, 6.45) is -2.88. The molecule has 0 unspecified atom stereocenters. The second kappa shape index (κ2) is 6.34. The topological polar surface area (TPSA) is 55.2 Å². The molecule has 2 heterocycles. The Labute approximate surface area is 141 Å². The minimum atomic E-state index is -4.48. The third-order valence-electron chi connectivity index (χ3n) is 4.30. The number of rotatable bonds is 2. The van der Waals surface area contributed by atoms with Crippen LogP contribution in [0.25, 0.3) is 0 Å².